The monoisotopic (exact) mass is 421 g/mol. The van der Waals surface area contributed by atoms with Crippen LogP contribution in [0.1, 0.15) is 41.3 Å². The third-order valence-corrected chi connectivity index (χ3v) is 5.76. The lowest BCUT2D eigenvalue weighted by atomic mass is 10.1. The van der Waals surface area contributed by atoms with Crippen LogP contribution in [0.4, 0.5) is 5.69 Å². The van der Waals surface area contributed by atoms with Gasteiger partial charge in [0.2, 0.25) is 11.8 Å². The van der Waals surface area contributed by atoms with E-state index in [-0.39, 0.29) is 24.3 Å². The van der Waals surface area contributed by atoms with Crippen molar-refractivity contribution < 1.29 is 19.1 Å². The molecule has 1 fully saturated rings. The van der Waals surface area contributed by atoms with Crippen LogP contribution < -0.4 is 15.0 Å². The molecular weight excluding hydrogens is 394 g/mol. The number of hydrogen-bond acceptors (Lipinski definition) is 4. The lowest BCUT2D eigenvalue weighted by Crippen LogP contribution is -2.48. The number of ether oxygens (including phenoxy) is 1. The molecule has 1 N–H and O–H groups in total. The molecule has 0 spiro atoms. The van der Waals surface area contributed by atoms with E-state index in [0.717, 1.165) is 23.3 Å². The Morgan fingerprint density at radius 2 is 1.94 bits per heavy atom. The fourth-order valence-electron chi connectivity index (χ4n) is 4.21. The molecule has 0 aromatic heterocycles. The lowest BCUT2D eigenvalue weighted by molar-refractivity contribution is -0.125. The predicted octanol–water partition coefficient (Wildman–Crippen LogP) is 2.66. The second kappa shape index (κ2) is 8.79. The Bertz CT molecular complexity index is 1000. The molecule has 2 aromatic carbocycles. The van der Waals surface area contributed by atoms with Crippen LogP contribution in [-0.4, -0.2) is 48.4 Å². The fraction of sp³-hybridized carbons (Fsp3) is 0.375. The zero-order chi connectivity index (χ0) is 22.0. The number of aryl methyl sites for hydroxylation is 1. The molecule has 2 aliphatic rings. The number of amides is 3. The van der Waals surface area contributed by atoms with Crippen molar-refractivity contribution in [3.63, 3.8) is 0 Å². The van der Waals surface area contributed by atoms with E-state index in [1.807, 2.05) is 44.2 Å². The molecule has 0 saturated carbocycles. The Morgan fingerprint density at radius 3 is 2.68 bits per heavy atom. The standard InChI is InChI=1S/C24H27N3O4/c1-3-31-18-9-7-17(8-10-18)14-25-22(28)15-27-20-11-6-16(2)13-19(20)23(29)26-12-4-5-21(26)24(27)30/h6-11,13,21H,3-5,12,14-15H2,1-2H3,(H,25,28). The van der Waals surface area contributed by atoms with E-state index in [1.54, 1.807) is 17.0 Å². The first-order valence-electron chi connectivity index (χ1n) is 10.7. The normalized spacial score (nSPS) is 17.8. The molecule has 2 heterocycles. The molecular formula is C24H27N3O4. The highest BCUT2D eigenvalue weighted by Gasteiger charge is 2.42. The minimum Gasteiger partial charge on any atom is -0.494 e. The molecule has 7 nitrogen and oxygen atoms in total. The van der Waals surface area contributed by atoms with Crippen LogP contribution in [0.2, 0.25) is 0 Å². The van der Waals surface area contributed by atoms with Crippen molar-refractivity contribution in [2.75, 3.05) is 24.6 Å². The first kappa shape index (κ1) is 20.9. The van der Waals surface area contributed by atoms with Crippen molar-refractivity contribution in [2.45, 2.75) is 39.3 Å². The van der Waals surface area contributed by atoms with Gasteiger partial charge in [0.15, 0.2) is 0 Å². The topological polar surface area (TPSA) is 79.0 Å². The zero-order valence-corrected chi connectivity index (χ0v) is 17.9. The fourth-order valence-corrected chi connectivity index (χ4v) is 4.21. The van der Waals surface area contributed by atoms with Gasteiger partial charge in [-0.15, -0.1) is 0 Å². The highest BCUT2D eigenvalue weighted by atomic mass is 16.5. The van der Waals surface area contributed by atoms with Crippen LogP contribution in [-0.2, 0) is 16.1 Å². The summed E-state index contributed by atoms with van der Waals surface area (Å²) >= 11 is 0. The van der Waals surface area contributed by atoms with Crippen molar-refractivity contribution in [2.24, 2.45) is 0 Å². The summed E-state index contributed by atoms with van der Waals surface area (Å²) in [5, 5.41) is 2.88. The van der Waals surface area contributed by atoms with Gasteiger partial charge in [0, 0.05) is 13.1 Å². The summed E-state index contributed by atoms with van der Waals surface area (Å²) in [6.07, 6.45) is 1.42. The lowest BCUT2D eigenvalue weighted by Gasteiger charge is -2.25. The Kier molecular flexibility index (Phi) is 5.93. The predicted molar refractivity (Wildman–Crippen MR) is 117 cm³/mol. The van der Waals surface area contributed by atoms with Crippen LogP contribution in [0.3, 0.4) is 0 Å². The Labute approximate surface area is 182 Å². The Hall–Kier alpha value is -3.35. The summed E-state index contributed by atoms with van der Waals surface area (Å²) in [6.45, 7) is 5.24. The van der Waals surface area contributed by atoms with Crippen LogP contribution >= 0.6 is 0 Å². The number of carbonyl (C=O) groups is 3. The average molecular weight is 421 g/mol. The van der Waals surface area contributed by atoms with E-state index in [1.165, 1.54) is 4.90 Å². The molecule has 7 heteroatoms. The van der Waals surface area contributed by atoms with Gasteiger partial charge in [-0.25, -0.2) is 0 Å². The summed E-state index contributed by atoms with van der Waals surface area (Å²) < 4.78 is 5.43. The average Bonchev–Trinajstić information content (AvgIpc) is 3.24. The number of benzene rings is 2. The van der Waals surface area contributed by atoms with E-state index in [0.29, 0.717) is 37.4 Å². The van der Waals surface area contributed by atoms with Gasteiger partial charge in [-0.2, -0.15) is 0 Å². The summed E-state index contributed by atoms with van der Waals surface area (Å²) in [5.74, 6) is 0.189. The van der Waals surface area contributed by atoms with E-state index in [2.05, 4.69) is 5.32 Å². The molecule has 162 valence electrons. The van der Waals surface area contributed by atoms with Gasteiger partial charge in [-0.1, -0.05) is 23.8 Å². The third-order valence-electron chi connectivity index (χ3n) is 5.76. The van der Waals surface area contributed by atoms with Crippen LogP contribution in [0.25, 0.3) is 0 Å². The Balaban J connectivity index is 1.51. The number of fused-ring (bicyclic) bond motifs is 2. The van der Waals surface area contributed by atoms with Gasteiger partial charge in [0.05, 0.1) is 17.9 Å². The number of nitrogens with one attached hydrogen (secondary N) is 1. The maximum atomic E-state index is 13.3. The van der Waals surface area contributed by atoms with Gasteiger partial charge in [0.25, 0.3) is 5.91 Å². The number of carbonyl (C=O) groups excluding carboxylic acids is 3. The number of nitrogens with zero attached hydrogens (tertiary/aromatic N) is 2. The minimum absolute atomic E-state index is 0.121. The molecule has 31 heavy (non-hydrogen) atoms. The molecule has 2 aliphatic heterocycles. The second-order valence-corrected chi connectivity index (χ2v) is 7.96. The first-order chi connectivity index (χ1) is 15.0. The quantitative estimate of drug-likeness (QED) is 0.778. The van der Waals surface area contributed by atoms with Gasteiger partial charge >= 0.3 is 0 Å². The van der Waals surface area contributed by atoms with Crippen molar-refractivity contribution >= 4 is 23.4 Å². The van der Waals surface area contributed by atoms with Gasteiger partial charge in [0.1, 0.15) is 18.3 Å². The zero-order valence-electron chi connectivity index (χ0n) is 17.9. The van der Waals surface area contributed by atoms with Gasteiger partial charge in [-0.05, 0) is 56.5 Å². The molecule has 0 bridgehead atoms. The minimum atomic E-state index is -0.501. The molecule has 0 radical (unpaired) electrons. The van der Waals surface area contributed by atoms with E-state index >= 15 is 0 Å². The number of anilines is 1. The molecule has 1 atom stereocenters. The van der Waals surface area contributed by atoms with Crippen molar-refractivity contribution in [1.82, 2.24) is 10.2 Å². The van der Waals surface area contributed by atoms with Gasteiger partial charge in [-0.3, -0.25) is 14.4 Å². The van der Waals surface area contributed by atoms with Gasteiger partial charge < -0.3 is 19.9 Å². The Morgan fingerprint density at radius 1 is 1.16 bits per heavy atom. The molecule has 4 rings (SSSR count). The second-order valence-electron chi connectivity index (χ2n) is 7.96. The van der Waals surface area contributed by atoms with Crippen LogP contribution in [0, 0.1) is 6.92 Å². The summed E-state index contributed by atoms with van der Waals surface area (Å²) in [5.41, 5.74) is 2.87. The van der Waals surface area contributed by atoms with Crippen molar-refractivity contribution in [1.29, 1.82) is 0 Å². The smallest absolute Gasteiger partial charge is 0.256 e. The van der Waals surface area contributed by atoms with Crippen LogP contribution in [0.15, 0.2) is 42.5 Å². The SMILES string of the molecule is CCOc1ccc(CNC(=O)CN2C(=O)C3CCCN3C(=O)c3cc(C)ccc32)cc1. The number of rotatable bonds is 6. The largest absolute Gasteiger partial charge is 0.494 e. The first-order valence-corrected chi connectivity index (χ1v) is 10.7. The van der Waals surface area contributed by atoms with Crippen molar-refractivity contribution in [3.8, 4) is 5.75 Å². The number of hydrogen-bond donors (Lipinski definition) is 1. The van der Waals surface area contributed by atoms with Crippen LogP contribution in [0.5, 0.6) is 5.75 Å². The summed E-state index contributed by atoms with van der Waals surface area (Å²) in [4.78, 5) is 42.2. The highest BCUT2D eigenvalue weighted by molar-refractivity contribution is 6.12. The molecule has 1 saturated heterocycles. The highest BCUT2D eigenvalue weighted by Crippen LogP contribution is 2.32. The van der Waals surface area contributed by atoms with E-state index < -0.39 is 6.04 Å². The maximum absolute atomic E-state index is 13.3. The summed E-state index contributed by atoms with van der Waals surface area (Å²) in [6, 6.07) is 12.5. The third kappa shape index (κ3) is 4.26. The van der Waals surface area contributed by atoms with E-state index in [4.69, 9.17) is 4.74 Å². The molecule has 1 unspecified atom stereocenters. The maximum Gasteiger partial charge on any atom is 0.256 e. The molecule has 0 aliphatic carbocycles. The molecule has 3 amide bonds. The molecule has 2 aromatic rings. The van der Waals surface area contributed by atoms with Crippen molar-refractivity contribution in [3.05, 3.63) is 59.2 Å². The summed E-state index contributed by atoms with van der Waals surface area (Å²) in [7, 11) is 0. The van der Waals surface area contributed by atoms with E-state index in [9.17, 15) is 14.4 Å².